The lowest BCUT2D eigenvalue weighted by atomic mass is 9.94. The summed E-state index contributed by atoms with van der Waals surface area (Å²) in [6, 6.07) is 4.97. The molecule has 1 saturated carbocycles. The van der Waals surface area contributed by atoms with Crippen LogP contribution in [0.5, 0.6) is 5.75 Å². The second-order valence-corrected chi connectivity index (χ2v) is 4.24. The molecule has 1 aromatic carbocycles. The summed E-state index contributed by atoms with van der Waals surface area (Å²) in [4.78, 5) is 0. The zero-order valence-electron chi connectivity index (χ0n) is 9.17. The lowest BCUT2D eigenvalue weighted by Crippen LogP contribution is -2.19. The van der Waals surface area contributed by atoms with E-state index in [0.717, 1.165) is 18.4 Å². The number of hydrogen-bond donors (Lipinski definition) is 1. The lowest BCUT2D eigenvalue weighted by Gasteiger charge is -2.16. The Morgan fingerprint density at radius 3 is 2.56 bits per heavy atom. The molecule has 0 aliphatic heterocycles. The molecule has 1 aliphatic rings. The molecule has 88 valence electrons. The summed E-state index contributed by atoms with van der Waals surface area (Å²) in [5.74, 6) is 0.242. The van der Waals surface area contributed by atoms with E-state index < -0.39 is 6.43 Å². The van der Waals surface area contributed by atoms with Crippen molar-refractivity contribution in [2.24, 2.45) is 5.73 Å². The Hall–Kier alpha value is -1.16. The summed E-state index contributed by atoms with van der Waals surface area (Å²) in [6.45, 7) is 0.516. The van der Waals surface area contributed by atoms with Crippen LogP contribution in [0.1, 0.15) is 30.4 Å². The van der Waals surface area contributed by atoms with Crippen molar-refractivity contribution >= 4 is 0 Å². The fourth-order valence-electron chi connectivity index (χ4n) is 2.00. The van der Waals surface area contributed by atoms with Crippen LogP contribution in [0.25, 0.3) is 0 Å². The third-order valence-corrected chi connectivity index (χ3v) is 3.32. The zero-order chi connectivity index (χ0) is 11.8. The van der Waals surface area contributed by atoms with Crippen molar-refractivity contribution in [2.45, 2.75) is 24.7 Å². The normalized spacial score (nSPS) is 17.6. The van der Waals surface area contributed by atoms with Gasteiger partial charge in [0.25, 0.3) is 6.43 Å². The molecule has 0 heterocycles. The van der Waals surface area contributed by atoms with Crippen LogP contribution in [0.3, 0.4) is 0 Å². The molecular weight excluding hydrogens is 212 g/mol. The van der Waals surface area contributed by atoms with Crippen LogP contribution >= 0.6 is 0 Å². The molecule has 1 aliphatic carbocycles. The Bertz CT molecular complexity index is 389. The maximum atomic E-state index is 12.8. The van der Waals surface area contributed by atoms with Crippen LogP contribution < -0.4 is 10.5 Å². The topological polar surface area (TPSA) is 35.2 Å². The van der Waals surface area contributed by atoms with Crippen molar-refractivity contribution in [1.82, 2.24) is 0 Å². The Morgan fingerprint density at radius 2 is 2.12 bits per heavy atom. The first-order chi connectivity index (χ1) is 7.63. The van der Waals surface area contributed by atoms with Crippen LogP contribution in [0.4, 0.5) is 8.78 Å². The van der Waals surface area contributed by atoms with Gasteiger partial charge in [-0.25, -0.2) is 8.78 Å². The highest BCUT2D eigenvalue weighted by molar-refractivity contribution is 5.43. The number of benzene rings is 1. The summed E-state index contributed by atoms with van der Waals surface area (Å²) in [5.41, 5.74) is 6.49. The molecule has 2 nitrogen and oxygen atoms in total. The molecule has 16 heavy (non-hydrogen) atoms. The van der Waals surface area contributed by atoms with Crippen molar-refractivity contribution in [3.05, 3.63) is 29.3 Å². The highest BCUT2D eigenvalue weighted by Crippen LogP contribution is 2.48. The largest absolute Gasteiger partial charge is 0.496 e. The number of halogens is 2. The molecule has 0 atom stereocenters. The Balaban J connectivity index is 2.39. The van der Waals surface area contributed by atoms with E-state index in [1.54, 1.807) is 6.07 Å². The Labute approximate surface area is 93.4 Å². The maximum Gasteiger partial charge on any atom is 0.267 e. The van der Waals surface area contributed by atoms with Crippen LogP contribution in [-0.4, -0.2) is 13.7 Å². The van der Waals surface area contributed by atoms with Gasteiger partial charge in [0.2, 0.25) is 0 Å². The highest BCUT2D eigenvalue weighted by atomic mass is 19.3. The molecule has 1 aromatic rings. The molecule has 2 N–H and O–H groups in total. The maximum absolute atomic E-state index is 12.8. The van der Waals surface area contributed by atoms with Gasteiger partial charge in [-0.15, -0.1) is 0 Å². The van der Waals surface area contributed by atoms with E-state index in [4.69, 9.17) is 10.5 Å². The van der Waals surface area contributed by atoms with Gasteiger partial charge in [-0.3, -0.25) is 0 Å². The molecule has 4 heteroatoms. The number of rotatable bonds is 4. The molecule has 2 rings (SSSR count). The van der Waals surface area contributed by atoms with Gasteiger partial charge >= 0.3 is 0 Å². The summed E-state index contributed by atoms with van der Waals surface area (Å²) in [7, 11) is 1.40. The second kappa shape index (κ2) is 4.01. The predicted molar refractivity (Wildman–Crippen MR) is 57.9 cm³/mol. The average Bonchev–Trinajstić information content (AvgIpc) is 3.09. The first kappa shape index (κ1) is 11.3. The molecule has 0 bridgehead atoms. The summed E-state index contributed by atoms with van der Waals surface area (Å²) >= 11 is 0. The summed E-state index contributed by atoms with van der Waals surface area (Å²) in [5, 5.41) is 0. The van der Waals surface area contributed by atoms with Gasteiger partial charge in [-0.05, 0) is 30.5 Å². The smallest absolute Gasteiger partial charge is 0.267 e. The fraction of sp³-hybridized carbons (Fsp3) is 0.500. The van der Waals surface area contributed by atoms with Gasteiger partial charge < -0.3 is 10.5 Å². The van der Waals surface area contributed by atoms with Crippen LogP contribution in [0, 0.1) is 0 Å². The molecule has 0 unspecified atom stereocenters. The van der Waals surface area contributed by atoms with E-state index in [1.165, 1.54) is 13.2 Å². The minimum absolute atomic E-state index is 0.0419. The number of nitrogens with two attached hydrogens (primary N) is 1. The Kier molecular flexibility index (Phi) is 2.84. The molecule has 1 fully saturated rings. The number of methoxy groups -OCH3 is 1. The molecule has 0 radical (unpaired) electrons. The molecule has 0 aromatic heterocycles. The predicted octanol–water partition coefficient (Wildman–Crippen LogP) is 2.62. The average molecular weight is 227 g/mol. The summed E-state index contributed by atoms with van der Waals surface area (Å²) in [6.07, 6.45) is -0.541. The molecular formula is C12H15F2NO. The van der Waals surface area contributed by atoms with E-state index in [9.17, 15) is 8.78 Å². The fourth-order valence-corrected chi connectivity index (χ4v) is 2.00. The SMILES string of the molecule is COc1ccc(C2(CN)CC2)cc1C(F)F. The monoisotopic (exact) mass is 227 g/mol. The third-order valence-electron chi connectivity index (χ3n) is 3.32. The number of alkyl halides is 2. The highest BCUT2D eigenvalue weighted by Gasteiger charge is 2.43. The van der Waals surface area contributed by atoms with Gasteiger partial charge in [0.15, 0.2) is 0 Å². The van der Waals surface area contributed by atoms with Crippen molar-refractivity contribution < 1.29 is 13.5 Å². The number of hydrogen-bond acceptors (Lipinski definition) is 2. The Morgan fingerprint density at radius 1 is 1.44 bits per heavy atom. The van der Waals surface area contributed by atoms with Crippen molar-refractivity contribution in [3.8, 4) is 5.75 Å². The second-order valence-electron chi connectivity index (χ2n) is 4.24. The number of ether oxygens (including phenoxy) is 1. The van der Waals surface area contributed by atoms with Gasteiger partial charge in [-0.1, -0.05) is 6.07 Å². The standard InChI is InChI=1S/C12H15F2NO/c1-16-10-3-2-8(6-9(10)11(13)14)12(7-15)4-5-12/h2-3,6,11H,4-5,7,15H2,1H3. The van der Waals surface area contributed by atoms with Gasteiger partial charge in [-0.2, -0.15) is 0 Å². The summed E-state index contributed by atoms with van der Waals surface area (Å²) < 4.78 is 30.5. The third kappa shape index (κ3) is 1.78. The zero-order valence-corrected chi connectivity index (χ0v) is 9.17. The van der Waals surface area contributed by atoms with E-state index in [2.05, 4.69) is 0 Å². The van der Waals surface area contributed by atoms with Crippen molar-refractivity contribution in [2.75, 3.05) is 13.7 Å². The lowest BCUT2D eigenvalue weighted by molar-refractivity contribution is 0.147. The van der Waals surface area contributed by atoms with E-state index in [0.29, 0.717) is 6.54 Å². The van der Waals surface area contributed by atoms with Crippen LogP contribution in [0.2, 0.25) is 0 Å². The minimum Gasteiger partial charge on any atom is -0.496 e. The molecule has 0 spiro atoms. The van der Waals surface area contributed by atoms with E-state index in [1.807, 2.05) is 6.07 Å². The van der Waals surface area contributed by atoms with E-state index >= 15 is 0 Å². The first-order valence-corrected chi connectivity index (χ1v) is 5.29. The quantitative estimate of drug-likeness (QED) is 0.858. The van der Waals surface area contributed by atoms with Crippen molar-refractivity contribution in [3.63, 3.8) is 0 Å². The van der Waals surface area contributed by atoms with Crippen molar-refractivity contribution in [1.29, 1.82) is 0 Å². The van der Waals surface area contributed by atoms with E-state index in [-0.39, 0.29) is 16.7 Å². The first-order valence-electron chi connectivity index (χ1n) is 5.29. The van der Waals surface area contributed by atoms with Gasteiger partial charge in [0.1, 0.15) is 5.75 Å². The van der Waals surface area contributed by atoms with Crippen LogP contribution in [-0.2, 0) is 5.41 Å². The van der Waals surface area contributed by atoms with Crippen LogP contribution in [0.15, 0.2) is 18.2 Å². The molecule has 0 saturated heterocycles. The minimum atomic E-state index is -2.51. The van der Waals surface area contributed by atoms with Gasteiger partial charge in [0, 0.05) is 12.0 Å². The molecule has 0 amide bonds. The van der Waals surface area contributed by atoms with Gasteiger partial charge in [0.05, 0.1) is 12.7 Å².